The molecular formula is C20H19BrN4O2. The molecule has 0 radical (unpaired) electrons. The van der Waals surface area contributed by atoms with Crippen LogP contribution in [0.25, 0.3) is 10.9 Å². The van der Waals surface area contributed by atoms with E-state index in [-0.39, 0.29) is 0 Å². The lowest BCUT2D eigenvalue weighted by Gasteiger charge is -2.35. The van der Waals surface area contributed by atoms with Gasteiger partial charge in [-0.2, -0.15) is 0 Å². The van der Waals surface area contributed by atoms with Crippen molar-refractivity contribution in [3.63, 3.8) is 0 Å². The highest BCUT2D eigenvalue weighted by atomic mass is 79.9. The molecule has 3 aromatic rings. The van der Waals surface area contributed by atoms with E-state index in [4.69, 9.17) is 9.47 Å². The maximum atomic E-state index is 5.49. The number of fused-ring (bicyclic) bond motifs is 2. The Labute approximate surface area is 165 Å². The molecule has 0 aliphatic carbocycles. The van der Waals surface area contributed by atoms with Crippen LogP contribution in [0, 0.1) is 0 Å². The highest BCUT2D eigenvalue weighted by Gasteiger charge is 2.21. The standard InChI is InChI=1S/C20H19BrN4O2/c21-15-2-3-17-16(10-15)20(23-12-22-17)25-7-5-24(6-8-25)11-14-1-4-18-19(9-14)27-13-26-18/h1-4,9-10,12H,5-8,11,13H2. The quantitative estimate of drug-likeness (QED) is 0.639. The van der Waals surface area contributed by atoms with Crippen LogP contribution in [0.2, 0.25) is 0 Å². The van der Waals surface area contributed by atoms with Gasteiger partial charge in [-0.25, -0.2) is 9.97 Å². The number of hydrogen-bond acceptors (Lipinski definition) is 6. The van der Waals surface area contributed by atoms with E-state index in [0.717, 1.165) is 65.4 Å². The van der Waals surface area contributed by atoms with Crippen molar-refractivity contribution in [2.75, 3.05) is 37.9 Å². The molecule has 1 saturated heterocycles. The number of aromatic nitrogens is 2. The summed E-state index contributed by atoms with van der Waals surface area (Å²) in [6.07, 6.45) is 1.66. The van der Waals surface area contributed by atoms with Gasteiger partial charge in [-0.1, -0.05) is 22.0 Å². The third-order valence-electron chi connectivity index (χ3n) is 5.09. The fourth-order valence-corrected chi connectivity index (χ4v) is 4.04. The van der Waals surface area contributed by atoms with Crippen LogP contribution in [-0.4, -0.2) is 47.8 Å². The molecule has 0 spiro atoms. The minimum Gasteiger partial charge on any atom is -0.454 e. The Hall–Kier alpha value is -2.38. The summed E-state index contributed by atoms with van der Waals surface area (Å²) in [5, 5.41) is 1.09. The first-order valence-corrected chi connectivity index (χ1v) is 9.82. The van der Waals surface area contributed by atoms with Crippen LogP contribution >= 0.6 is 15.9 Å². The van der Waals surface area contributed by atoms with Gasteiger partial charge in [-0.3, -0.25) is 4.90 Å². The molecule has 138 valence electrons. The van der Waals surface area contributed by atoms with E-state index in [1.54, 1.807) is 6.33 Å². The van der Waals surface area contributed by atoms with Crippen LogP contribution < -0.4 is 14.4 Å². The molecule has 0 atom stereocenters. The number of halogens is 1. The van der Waals surface area contributed by atoms with E-state index in [1.807, 2.05) is 18.2 Å². The molecule has 0 bridgehead atoms. The van der Waals surface area contributed by atoms with Crippen LogP contribution in [0.15, 0.2) is 47.2 Å². The van der Waals surface area contributed by atoms with E-state index < -0.39 is 0 Å². The summed E-state index contributed by atoms with van der Waals surface area (Å²) in [7, 11) is 0. The minimum atomic E-state index is 0.320. The average Bonchev–Trinajstić information content (AvgIpc) is 3.16. The molecule has 1 fully saturated rings. The fraction of sp³-hybridized carbons (Fsp3) is 0.300. The highest BCUT2D eigenvalue weighted by molar-refractivity contribution is 9.10. The molecule has 6 nitrogen and oxygen atoms in total. The number of benzene rings is 2. The van der Waals surface area contributed by atoms with Gasteiger partial charge in [0.05, 0.1) is 5.52 Å². The summed E-state index contributed by atoms with van der Waals surface area (Å²) in [5.74, 6) is 2.71. The maximum Gasteiger partial charge on any atom is 0.231 e. The smallest absolute Gasteiger partial charge is 0.231 e. The second-order valence-electron chi connectivity index (χ2n) is 6.81. The number of rotatable bonds is 3. The van der Waals surface area contributed by atoms with Crippen LogP contribution in [0.3, 0.4) is 0 Å². The van der Waals surface area contributed by atoms with Crippen molar-refractivity contribution in [1.29, 1.82) is 0 Å². The third-order valence-corrected chi connectivity index (χ3v) is 5.58. The first-order valence-electron chi connectivity index (χ1n) is 9.02. The van der Waals surface area contributed by atoms with E-state index in [1.165, 1.54) is 5.56 Å². The number of ether oxygens (including phenoxy) is 2. The van der Waals surface area contributed by atoms with Crippen LogP contribution in [0.4, 0.5) is 5.82 Å². The van der Waals surface area contributed by atoms with Crippen molar-refractivity contribution >= 4 is 32.7 Å². The zero-order chi connectivity index (χ0) is 18.2. The summed E-state index contributed by atoms with van der Waals surface area (Å²) in [6.45, 7) is 5.12. The zero-order valence-electron chi connectivity index (χ0n) is 14.8. The number of piperazine rings is 1. The molecule has 1 aromatic heterocycles. The third kappa shape index (κ3) is 3.33. The van der Waals surface area contributed by atoms with E-state index >= 15 is 0 Å². The van der Waals surface area contributed by atoms with Gasteiger partial charge >= 0.3 is 0 Å². The second-order valence-corrected chi connectivity index (χ2v) is 7.73. The van der Waals surface area contributed by atoms with Gasteiger partial charge in [0.1, 0.15) is 12.1 Å². The molecule has 2 aromatic carbocycles. The highest BCUT2D eigenvalue weighted by Crippen LogP contribution is 2.33. The zero-order valence-corrected chi connectivity index (χ0v) is 16.4. The molecule has 2 aliphatic rings. The molecule has 0 N–H and O–H groups in total. The van der Waals surface area contributed by atoms with Gasteiger partial charge in [0.15, 0.2) is 11.5 Å². The molecule has 27 heavy (non-hydrogen) atoms. The molecular weight excluding hydrogens is 408 g/mol. The largest absolute Gasteiger partial charge is 0.454 e. The maximum absolute atomic E-state index is 5.49. The van der Waals surface area contributed by atoms with Crippen LogP contribution in [0.1, 0.15) is 5.56 Å². The topological polar surface area (TPSA) is 50.7 Å². The second kappa shape index (κ2) is 6.98. The number of anilines is 1. The number of nitrogens with zero attached hydrogens (tertiary/aromatic N) is 4. The molecule has 0 saturated carbocycles. The normalized spacial score (nSPS) is 16.9. The summed E-state index contributed by atoms with van der Waals surface area (Å²) in [5.41, 5.74) is 2.23. The monoisotopic (exact) mass is 426 g/mol. The lowest BCUT2D eigenvalue weighted by Crippen LogP contribution is -2.46. The van der Waals surface area contributed by atoms with Crippen molar-refractivity contribution in [1.82, 2.24) is 14.9 Å². The fourth-order valence-electron chi connectivity index (χ4n) is 3.68. The van der Waals surface area contributed by atoms with Gasteiger partial charge in [0.25, 0.3) is 0 Å². The van der Waals surface area contributed by atoms with Crippen molar-refractivity contribution in [2.45, 2.75) is 6.54 Å². The van der Waals surface area contributed by atoms with Crippen LogP contribution in [0.5, 0.6) is 11.5 Å². The molecule has 2 aliphatic heterocycles. The Kier molecular flexibility index (Phi) is 4.33. The van der Waals surface area contributed by atoms with E-state index in [9.17, 15) is 0 Å². The Bertz CT molecular complexity index is 989. The molecule has 0 amide bonds. The Morgan fingerprint density at radius 2 is 1.78 bits per heavy atom. The van der Waals surface area contributed by atoms with Crippen molar-refractivity contribution < 1.29 is 9.47 Å². The summed E-state index contributed by atoms with van der Waals surface area (Å²) in [4.78, 5) is 13.8. The lowest BCUT2D eigenvalue weighted by atomic mass is 10.1. The van der Waals surface area contributed by atoms with E-state index in [2.05, 4.69) is 53.9 Å². The Morgan fingerprint density at radius 1 is 0.926 bits per heavy atom. The summed E-state index contributed by atoms with van der Waals surface area (Å²) >= 11 is 3.56. The Balaban J connectivity index is 1.29. The first kappa shape index (κ1) is 16.8. The van der Waals surface area contributed by atoms with Gasteiger partial charge in [0, 0.05) is 42.6 Å². The summed E-state index contributed by atoms with van der Waals surface area (Å²) in [6, 6.07) is 12.4. The van der Waals surface area contributed by atoms with Gasteiger partial charge < -0.3 is 14.4 Å². The van der Waals surface area contributed by atoms with Crippen LogP contribution in [-0.2, 0) is 6.54 Å². The predicted octanol–water partition coefficient (Wildman–Crippen LogP) is 3.44. The van der Waals surface area contributed by atoms with E-state index in [0.29, 0.717) is 6.79 Å². The first-order chi connectivity index (χ1) is 13.3. The SMILES string of the molecule is Brc1ccc2ncnc(N3CCN(Cc4ccc5c(c4)OCO5)CC3)c2c1. The van der Waals surface area contributed by atoms with Gasteiger partial charge in [-0.15, -0.1) is 0 Å². The number of hydrogen-bond donors (Lipinski definition) is 0. The minimum absolute atomic E-state index is 0.320. The lowest BCUT2D eigenvalue weighted by molar-refractivity contribution is 0.174. The molecule has 3 heterocycles. The van der Waals surface area contributed by atoms with Crippen molar-refractivity contribution in [3.05, 3.63) is 52.8 Å². The average molecular weight is 427 g/mol. The van der Waals surface area contributed by atoms with Gasteiger partial charge in [-0.05, 0) is 35.9 Å². The Morgan fingerprint density at radius 3 is 2.67 bits per heavy atom. The summed E-state index contributed by atoms with van der Waals surface area (Å²) < 4.78 is 11.9. The van der Waals surface area contributed by atoms with Crippen molar-refractivity contribution in [2.24, 2.45) is 0 Å². The van der Waals surface area contributed by atoms with Gasteiger partial charge in [0.2, 0.25) is 6.79 Å². The predicted molar refractivity (Wildman–Crippen MR) is 107 cm³/mol. The molecule has 7 heteroatoms. The molecule has 5 rings (SSSR count). The molecule has 0 unspecified atom stereocenters. The van der Waals surface area contributed by atoms with Crippen molar-refractivity contribution in [3.8, 4) is 11.5 Å².